The molecule has 3 aromatic rings. The summed E-state index contributed by atoms with van der Waals surface area (Å²) in [5.74, 6) is 0.896. The van der Waals surface area contributed by atoms with Crippen molar-refractivity contribution in [1.29, 1.82) is 0 Å². The van der Waals surface area contributed by atoms with Gasteiger partial charge in [0.1, 0.15) is 17.3 Å². The van der Waals surface area contributed by atoms with E-state index in [1.807, 2.05) is 24.3 Å². The molecule has 0 radical (unpaired) electrons. The van der Waals surface area contributed by atoms with Crippen molar-refractivity contribution in [3.8, 4) is 11.5 Å². The van der Waals surface area contributed by atoms with Crippen LogP contribution in [0.3, 0.4) is 0 Å². The lowest BCUT2D eigenvalue weighted by Gasteiger charge is -2.16. The number of halogens is 2. The average molecular weight is 444 g/mol. The molecule has 31 heavy (non-hydrogen) atoms. The van der Waals surface area contributed by atoms with Crippen molar-refractivity contribution in [3.63, 3.8) is 0 Å². The highest BCUT2D eigenvalue weighted by atomic mass is 35.5. The maximum absolute atomic E-state index is 12.9. The predicted octanol–water partition coefficient (Wildman–Crippen LogP) is 4.22. The second-order valence-corrected chi connectivity index (χ2v) is 7.82. The number of hydrogen-bond donors (Lipinski definition) is 1. The van der Waals surface area contributed by atoms with Crippen molar-refractivity contribution in [2.24, 2.45) is 0 Å². The first-order chi connectivity index (χ1) is 15.1. The number of aromatic amines is 1. The summed E-state index contributed by atoms with van der Waals surface area (Å²) in [6, 6.07) is 15.0. The number of hydrogen-bond acceptors (Lipinski definition) is 4. The summed E-state index contributed by atoms with van der Waals surface area (Å²) in [4.78, 5) is 14.2. The minimum Gasteiger partial charge on any atom is -0.492 e. The maximum atomic E-state index is 12.9. The van der Waals surface area contributed by atoms with E-state index < -0.39 is 0 Å². The molecule has 2 aromatic carbocycles. The number of carbonyl (C=O) groups excluding carboxylic acids is 1. The number of amides is 1. The van der Waals surface area contributed by atoms with Gasteiger partial charge < -0.3 is 14.4 Å². The normalized spacial score (nSPS) is 15.8. The van der Waals surface area contributed by atoms with Crippen LogP contribution >= 0.6 is 11.6 Å². The molecule has 1 aliphatic rings. The second-order valence-electron chi connectivity index (χ2n) is 7.41. The molecule has 1 aliphatic heterocycles. The Hall–Kier alpha value is -3.06. The number of nitrogens with one attached hydrogen (secondary N) is 1. The van der Waals surface area contributed by atoms with Gasteiger partial charge in [-0.15, -0.1) is 0 Å². The molecule has 0 bridgehead atoms. The van der Waals surface area contributed by atoms with Crippen molar-refractivity contribution in [1.82, 2.24) is 15.1 Å². The fourth-order valence-electron chi connectivity index (χ4n) is 3.54. The second kappa shape index (κ2) is 9.83. The van der Waals surface area contributed by atoms with Crippen LogP contribution in [-0.4, -0.2) is 47.3 Å². The van der Waals surface area contributed by atoms with Crippen LogP contribution in [0.2, 0.25) is 5.02 Å². The number of benzene rings is 2. The van der Waals surface area contributed by atoms with Crippen molar-refractivity contribution in [2.45, 2.75) is 18.8 Å². The van der Waals surface area contributed by atoms with E-state index in [-0.39, 0.29) is 24.2 Å². The van der Waals surface area contributed by atoms with E-state index in [2.05, 4.69) is 10.2 Å². The van der Waals surface area contributed by atoms with E-state index in [1.54, 1.807) is 11.0 Å². The van der Waals surface area contributed by atoms with Gasteiger partial charge in [0.15, 0.2) is 6.61 Å². The molecule has 8 heteroatoms. The van der Waals surface area contributed by atoms with Crippen molar-refractivity contribution >= 4 is 17.5 Å². The molecule has 0 spiro atoms. The lowest BCUT2D eigenvalue weighted by Crippen LogP contribution is -2.32. The van der Waals surface area contributed by atoms with Crippen LogP contribution in [0.5, 0.6) is 11.5 Å². The van der Waals surface area contributed by atoms with E-state index in [0.717, 1.165) is 17.8 Å². The fourth-order valence-corrected chi connectivity index (χ4v) is 3.74. The summed E-state index contributed by atoms with van der Waals surface area (Å²) >= 11 is 6.10. The van der Waals surface area contributed by atoms with E-state index in [4.69, 9.17) is 21.1 Å². The lowest BCUT2D eigenvalue weighted by molar-refractivity contribution is -0.132. The number of ether oxygens (including phenoxy) is 2. The maximum Gasteiger partial charge on any atom is 0.260 e. The first kappa shape index (κ1) is 21.2. The molecule has 162 valence electrons. The number of aromatic nitrogens is 2. The highest BCUT2D eigenvalue weighted by Crippen LogP contribution is 2.27. The molecular weight excluding hydrogens is 421 g/mol. The summed E-state index contributed by atoms with van der Waals surface area (Å²) in [6.07, 6.45) is 1.53. The third kappa shape index (κ3) is 5.55. The predicted molar refractivity (Wildman–Crippen MR) is 115 cm³/mol. The van der Waals surface area contributed by atoms with Crippen molar-refractivity contribution in [3.05, 3.63) is 76.8 Å². The molecular formula is C23H23ClFN3O3. The minimum atomic E-state index is -0.338. The van der Waals surface area contributed by atoms with Gasteiger partial charge in [0.2, 0.25) is 0 Å². The number of rotatable bonds is 8. The van der Waals surface area contributed by atoms with Gasteiger partial charge in [-0.2, -0.15) is 5.10 Å². The third-order valence-corrected chi connectivity index (χ3v) is 5.56. The molecule has 1 saturated heterocycles. The van der Waals surface area contributed by atoms with E-state index in [9.17, 15) is 9.18 Å². The first-order valence-corrected chi connectivity index (χ1v) is 10.5. The lowest BCUT2D eigenvalue weighted by atomic mass is 10.0. The zero-order chi connectivity index (χ0) is 21.6. The zero-order valence-corrected chi connectivity index (χ0v) is 17.6. The van der Waals surface area contributed by atoms with Crippen molar-refractivity contribution in [2.75, 3.05) is 26.3 Å². The molecule has 0 aliphatic carbocycles. The van der Waals surface area contributed by atoms with Gasteiger partial charge >= 0.3 is 0 Å². The molecule has 1 N–H and O–H groups in total. The standard InChI is InChI=1S/C23H23ClFN3O3/c24-20-3-1-2-4-22(20)30-12-10-18-13-21(27-26-18)16-9-11-28(14-16)23(29)15-31-19-7-5-17(25)6-8-19/h1-8,13,16H,9-12,14-15H2,(H,26,27). The smallest absolute Gasteiger partial charge is 0.260 e. The summed E-state index contributed by atoms with van der Waals surface area (Å²) in [5, 5.41) is 8.07. The largest absolute Gasteiger partial charge is 0.492 e. The molecule has 1 amide bonds. The summed E-state index contributed by atoms with van der Waals surface area (Å²) in [7, 11) is 0. The summed E-state index contributed by atoms with van der Waals surface area (Å²) in [5.41, 5.74) is 1.92. The molecule has 6 nitrogen and oxygen atoms in total. The van der Waals surface area contributed by atoms with E-state index in [0.29, 0.717) is 42.6 Å². The third-order valence-electron chi connectivity index (χ3n) is 5.25. The molecule has 1 aromatic heterocycles. The number of H-pyrrole nitrogens is 1. The quantitative estimate of drug-likeness (QED) is 0.566. The SMILES string of the molecule is O=C(COc1ccc(F)cc1)N1CCC(c2cc(CCOc3ccccc3Cl)[nH]n2)C1. The molecule has 2 heterocycles. The molecule has 1 fully saturated rings. The van der Waals surface area contributed by atoms with Crippen LogP contribution in [0.15, 0.2) is 54.6 Å². The van der Waals surface area contributed by atoms with Crippen LogP contribution in [0.25, 0.3) is 0 Å². The van der Waals surface area contributed by atoms with Gasteiger partial charge in [-0.25, -0.2) is 4.39 Å². The fraction of sp³-hybridized carbons (Fsp3) is 0.304. The number of para-hydroxylation sites is 1. The van der Waals surface area contributed by atoms with Crippen LogP contribution in [0.1, 0.15) is 23.7 Å². The van der Waals surface area contributed by atoms with Gasteiger partial charge in [-0.1, -0.05) is 23.7 Å². The van der Waals surface area contributed by atoms with E-state index >= 15 is 0 Å². The minimum absolute atomic E-state index is 0.0659. The first-order valence-electron chi connectivity index (χ1n) is 10.2. The number of carbonyl (C=O) groups is 1. The monoisotopic (exact) mass is 443 g/mol. The van der Waals surface area contributed by atoms with Gasteiger partial charge in [-0.05, 0) is 48.9 Å². The summed E-state index contributed by atoms with van der Waals surface area (Å²) in [6.45, 7) is 1.69. The Labute approximate surface area is 184 Å². The Morgan fingerprint density at radius 1 is 1.19 bits per heavy atom. The van der Waals surface area contributed by atoms with Crippen LogP contribution in [-0.2, 0) is 11.2 Å². The van der Waals surface area contributed by atoms with Crippen LogP contribution in [0, 0.1) is 5.82 Å². The Kier molecular flexibility index (Phi) is 6.72. The Morgan fingerprint density at radius 2 is 2.00 bits per heavy atom. The average Bonchev–Trinajstić information content (AvgIpc) is 3.44. The molecule has 1 atom stereocenters. The summed E-state index contributed by atoms with van der Waals surface area (Å²) < 4.78 is 24.1. The highest BCUT2D eigenvalue weighted by Gasteiger charge is 2.29. The molecule has 4 rings (SSSR count). The zero-order valence-electron chi connectivity index (χ0n) is 16.9. The van der Waals surface area contributed by atoms with Gasteiger partial charge in [0.25, 0.3) is 5.91 Å². The Morgan fingerprint density at radius 3 is 2.81 bits per heavy atom. The van der Waals surface area contributed by atoms with Crippen molar-refractivity contribution < 1.29 is 18.7 Å². The highest BCUT2D eigenvalue weighted by molar-refractivity contribution is 6.32. The number of likely N-dealkylation sites (tertiary alicyclic amines) is 1. The van der Waals surface area contributed by atoms with Crippen LogP contribution in [0.4, 0.5) is 4.39 Å². The molecule has 0 saturated carbocycles. The Balaban J connectivity index is 1.23. The molecule has 1 unspecified atom stereocenters. The van der Waals surface area contributed by atoms with E-state index in [1.165, 1.54) is 24.3 Å². The van der Waals surface area contributed by atoms with Gasteiger partial charge in [0.05, 0.1) is 17.3 Å². The Bertz CT molecular complexity index is 1020. The van der Waals surface area contributed by atoms with Gasteiger partial charge in [-0.3, -0.25) is 9.89 Å². The topological polar surface area (TPSA) is 67.4 Å². The van der Waals surface area contributed by atoms with Gasteiger partial charge in [0, 0.05) is 31.1 Å². The van der Waals surface area contributed by atoms with Crippen LogP contribution < -0.4 is 9.47 Å². The number of nitrogens with zero attached hydrogens (tertiary/aromatic N) is 2.